The van der Waals surface area contributed by atoms with Crippen molar-refractivity contribution in [1.82, 2.24) is 5.32 Å². The third-order valence-corrected chi connectivity index (χ3v) is 3.97. The molecule has 0 fully saturated rings. The highest BCUT2D eigenvalue weighted by atomic mass is 79.9. The van der Waals surface area contributed by atoms with Crippen molar-refractivity contribution in [3.8, 4) is 5.75 Å². The highest BCUT2D eigenvalue weighted by molar-refractivity contribution is 9.10. The van der Waals surface area contributed by atoms with E-state index in [1.807, 2.05) is 6.92 Å². The lowest BCUT2D eigenvalue weighted by atomic mass is 9.87. The van der Waals surface area contributed by atoms with Crippen LogP contribution in [0.25, 0.3) is 0 Å². The molecule has 17 heavy (non-hydrogen) atoms. The van der Waals surface area contributed by atoms with Crippen molar-refractivity contribution in [3.63, 3.8) is 0 Å². The van der Waals surface area contributed by atoms with Crippen molar-refractivity contribution in [2.75, 3.05) is 13.2 Å². The van der Waals surface area contributed by atoms with Crippen LogP contribution in [0.2, 0.25) is 0 Å². The highest BCUT2D eigenvalue weighted by Crippen LogP contribution is 2.39. The Labute approximate surface area is 112 Å². The minimum absolute atomic E-state index is 0.471. The first kappa shape index (κ1) is 12.9. The quantitative estimate of drug-likeness (QED) is 0.912. The van der Waals surface area contributed by atoms with E-state index in [2.05, 4.69) is 40.3 Å². The highest BCUT2D eigenvalue weighted by Gasteiger charge is 2.24. The predicted octanol–water partition coefficient (Wildman–Crippen LogP) is 3.83. The number of hydrogen-bond donors (Lipinski definition) is 1. The van der Waals surface area contributed by atoms with Crippen LogP contribution in [0.15, 0.2) is 16.6 Å². The topological polar surface area (TPSA) is 21.3 Å². The minimum atomic E-state index is 0.471. The standard InChI is InChI=1S/C14H20BrNO/c1-3-16-12-7-5-6-10-13(17-4-2)9-8-11(15)14(10)12/h8-9,12,16H,3-7H2,1-2H3. The Morgan fingerprint density at radius 2 is 2.24 bits per heavy atom. The average Bonchev–Trinajstić information content (AvgIpc) is 2.33. The lowest BCUT2D eigenvalue weighted by Crippen LogP contribution is -2.25. The van der Waals surface area contributed by atoms with Gasteiger partial charge in [0.15, 0.2) is 0 Å². The zero-order chi connectivity index (χ0) is 12.3. The van der Waals surface area contributed by atoms with Gasteiger partial charge in [-0.2, -0.15) is 0 Å². The van der Waals surface area contributed by atoms with Gasteiger partial charge in [-0.1, -0.05) is 22.9 Å². The first-order valence-corrected chi connectivity index (χ1v) is 7.24. The number of benzene rings is 1. The summed E-state index contributed by atoms with van der Waals surface area (Å²) in [5.41, 5.74) is 2.79. The number of halogens is 1. The van der Waals surface area contributed by atoms with Gasteiger partial charge >= 0.3 is 0 Å². The maximum absolute atomic E-state index is 5.74. The zero-order valence-electron chi connectivity index (χ0n) is 10.6. The fourth-order valence-electron chi connectivity index (χ4n) is 2.62. The maximum Gasteiger partial charge on any atom is 0.122 e. The van der Waals surface area contributed by atoms with E-state index < -0.39 is 0 Å². The van der Waals surface area contributed by atoms with Gasteiger partial charge in [0.25, 0.3) is 0 Å². The van der Waals surface area contributed by atoms with Crippen LogP contribution in [0.4, 0.5) is 0 Å². The van der Waals surface area contributed by atoms with Crippen molar-refractivity contribution in [2.24, 2.45) is 0 Å². The number of rotatable bonds is 4. The van der Waals surface area contributed by atoms with E-state index in [1.165, 1.54) is 28.4 Å². The van der Waals surface area contributed by atoms with Crippen molar-refractivity contribution in [3.05, 3.63) is 27.7 Å². The molecule has 1 unspecified atom stereocenters. The molecule has 94 valence electrons. The van der Waals surface area contributed by atoms with E-state index in [9.17, 15) is 0 Å². The Bertz CT molecular complexity index is 392. The summed E-state index contributed by atoms with van der Waals surface area (Å²) >= 11 is 3.68. The van der Waals surface area contributed by atoms with Gasteiger partial charge in [0.05, 0.1) is 6.61 Å². The van der Waals surface area contributed by atoms with Crippen molar-refractivity contribution >= 4 is 15.9 Å². The minimum Gasteiger partial charge on any atom is -0.494 e. The zero-order valence-corrected chi connectivity index (χ0v) is 12.1. The molecule has 0 bridgehead atoms. The third kappa shape index (κ3) is 2.66. The Balaban J connectivity index is 2.41. The summed E-state index contributed by atoms with van der Waals surface area (Å²) in [6.07, 6.45) is 3.59. The maximum atomic E-state index is 5.74. The molecule has 0 saturated carbocycles. The fraction of sp³-hybridized carbons (Fsp3) is 0.571. The molecule has 0 aliphatic heterocycles. The molecule has 1 aromatic carbocycles. The average molecular weight is 298 g/mol. The molecule has 0 saturated heterocycles. The van der Waals surface area contributed by atoms with Crippen LogP contribution in [0.3, 0.4) is 0 Å². The number of fused-ring (bicyclic) bond motifs is 1. The molecule has 1 aliphatic carbocycles. The van der Waals surface area contributed by atoms with E-state index in [-0.39, 0.29) is 0 Å². The van der Waals surface area contributed by atoms with Crippen LogP contribution in [0, 0.1) is 0 Å². The third-order valence-electron chi connectivity index (χ3n) is 3.28. The van der Waals surface area contributed by atoms with Crippen LogP contribution >= 0.6 is 15.9 Å². The van der Waals surface area contributed by atoms with Gasteiger partial charge in [0.2, 0.25) is 0 Å². The first-order valence-electron chi connectivity index (χ1n) is 6.45. The largest absolute Gasteiger partial charge is 0.494 e. The molecule has 1 aliphatic rings. The van der Waals surface area contributed by atoms with Crippen LogP contribution in [-0.2, 0) is 6.42 Å². The lowest BCUT2D eigenvalue weighted by Gasteiger charge is -2.28. The van der Waals surface area contributed by atoms with E-state index in [1.54, 1.807) is 0 Å². The smallest absolute Gasteiger partial charge is 0.122 e. The number of hydrogen-bond acceptors (Lipinski definition) is 2. The van der Waals surface area contributed by atoms with Crippen molar-refractivity contribution in [2.45, 2.75) is 39.2 Å². The van der Waals surface area contributed by atoms with Crippen LogP contribution < -0.4 is 10.1 Å². The normalized spacial score (nSPS) is 18.9. The summed E-state index contributed by atoms with van der Waals surface area (Å²) in [7, 11) is 0. The van der Waals surface area contributed by atoms with Crippen LogP contribution in [0.1, 0.15) is 43.9 Å². The Kier molecular flexibility index (Phi) is 4.46. The van der Waals surface area contributed by atoms with E-state index in [4.69, 9.17) is 4.74 Å². The monoisotopic (exact) mass is 297 g/mol. The molecule has 0 amide bonds. The predicted molar refractivity (Wildman–Crippen MR) is 74.7 cm³/mol. The Morgan fingerprint density at radius 1 is 1.41 bits per heavy atom. The van der Waals surface area contributed by atoms with E-state index in [0.29, 0.717) is 6.04 Å². The molecule has 1 atom stereocenters. The lowest BCUT2D eigenvalue weighted by molar-refractivity contribution is 0.331. The summed E-state index contributed by atoms with van der Waals surface area (Å²) < 4.78 is 6.95. The molecule has 0 radical (unpaired) electrons. The molecule has 0 spiro atoms. The second-order valence-electron chi connectivity index (χ2n) is 4.37. The number of nitrogens with one attached hydrogen (secondary N) is 1. The molecule has 2 nitrogen and oxygen atoms in total. The van der Waals surface area contributed by atoms with Crippen molar-refractivity contribution < 1.29 is 4.74 Å². The molecule has 0 heterocycles. The summed E-state index contributed by atoms with van der Waals surface area (Å²) in [5, 5.41) is 3.57. The van der Waals surface area contributed by atoms with Gasteiger partial charge in [0.1, 0.15) is 5.75 Å². The molecule has 3 heteroatoms. The second kappa shape index (κ2) is 5.87. The molecule has 0 aromatic heterocycles. The van der Waals surface area contributed by atoms with Gasteiger partial charge in [0, 0.05) is 16.1 Å². The van der Waals surface area contributed by atoms with Gasteiger partial charge in [-0.3, -0.25) is 0 Å². The molecular formula is C14H20BrNO. The molecular weight excluding hydrogens is 278 g/mol. The summed E-state index contributed by atoms with van der Waals surface area (Å²) in [6.45, 7) is 5.95. The summed E-state index contributed by atoms with van der Waals surface area (Å²) in [5.74, 6) is 1.06. The van der Waals surface area contributed by atoms with Gasteiger partial charge in [-0.15, -0.1) is 0 Å². The second-order valence-corrected chi connectivity index (χ2v) is 5.23. The summed E-state index contributed by atoms with van der Waals surface area (Å²) in [4.78, 5) is 0. The molecule has 1 N–H and O–H groups in total. The SMILES string of the molecule is CCNC1CCCc2c(OCC)ccc(Br)c21. The Hall–Kier alpha value is -0.540. The van der Waals surface area contributed by atoms with E-state index in [0.717, 1.165) is 25.3 Å². The van der Waals surface area contributed by atoms with Gasteiger partial charge < -0.3 is 10.1 Å². The summed E-state index contributed by atoms with van der Waals surface area (Å²) in [6, 6.07) is 4.67. The first-order chi connectivity index (χ1) is 8.27. The van der Waals surface area contributed by atoms with E-state index >= 15 is 0 Å². The fourth-order valence-corrected chi connectivity index (χ4v) is 3.27. The van der Waals surface area contributed by atoms with Crippen molar-refractivity contribution in [1.29, 1.82) is 0 Å². The van der Waals surface area contributed by atoms with Crippen LogP contribution in [-0.4, -0.2) is 13.2 Å². The Morgan fingerprint density at radius 3 is 2.94 bits per heavy atom. The number of ether oxygens (including phenoxy) is 1. The van der Waals surface area contributed by atoms with Gasteiger partial charge in [-0.05, 0) is 50.4 Å². The van der Waals surface area contributed by atoms with Crippen LogP contribution in [0.5, 0.6) is 5.75 Å². The molecule has 2 rings (SSSR count). The molecule has 1 aromatic rings. The van der Waals surface area contributed by atoms with Gasteiger partial charge in [-0.25, -0.2) is 0 Å².